The summed E-state index contributed by atoms with van der Waals surface area (Å²) >= 11 is 5.97. The number of halogens is 1. The minimum Gasteiger partial charge on any atom is -0.465 e. The monoisotopic (exact) mass is 452 g/mol. The second-order valence-electron chi connectivity index (χ2n) is 6.71. The van der Waals surface area contributed by atoms with E-state index in [4.69, 9.17) is 31.1 Å². The van der Waals surface area contributed by atoms with Gasteiger partial charge in [-0.3, -0.25) is 0 Å². The minimum absolute atomic E-state index is 0.0367. The molecule has 0 amide bonds. The fraction of sp³-hybridized carbons (Fsp3) is 0.565. The van der Waals surface area contributed by atoms with Crippen LogP contribution >= 0.6 is 11.6 Å². The molecule has 7 nitrogen and oxygen atoms in total. The first-order chi connectivity index (χ1) is 15.2. The summed E-state index contributed by atoms with van der Waals surface area (Å²) in [5.41, 5.74) is 1.74. The maximum atomic E-state index is 11.5. The van der Waals surface area contributed by atoms with Crippen LogP contribution in [0, 0.1) is 11.3 Å². The summed E-state index contributed by atoms with van der Waals surface area (Å²) < 4.78 is 20.8. The van der Waals surface area contributed by atoms with Crippen molar-refractivity contribution < 1.29 is 23.7 Å². The quantitative estimate of drug-likeness (QED) is 0.117. The fourth-order valence-corrected chi connectivity index (χ4v) is 3.00. The summed E-state index contributed by atoms with van der Waals surface area (Å²) in [7, 11) is 2.94. The highest BCUT2D eigenvalue weighted by Crippen LogP contribution is 2.18. The van der Waals surface area contributed by atoms with Crippen LogP contribution in [0.4, 0.5) is 5.69 Å². The van der Waals surface area contributed by atoms with Crippen molar-refractivity contribution in [2.45, 2.75) is 19.3 Å². The van der Waals surface area contributed by atoms with Gasteiger partial charge in [-0.25, -0.2) is 4.79 Å². The molecular formula is C23H33ClN2O5. The number of nitriles is 1. The van der Waals surface area contributed by atoms with E-state index in [9.17, 15) is 4.79 Å². The highest BCUT2D eigenvalue weighted by atomic mass is 35.5. The summed E-state index contributed by atoms with van der Waals surface area (Å²) in [6.07, 6.45) is 4.18. The number of methoxy groups -OCH3 is 2. The SMILES string of the molecule is COCCCOCCCOCCCN(CCCl)c1ccc(C=C(C#N)C(=O)OC)cc1. The third-order valence-electron chi connectivity index (χ3n) is 4.38. The highest BCUT2D eigenvalue weighted by molar-refractivity contribution is 6.18. The summed E-state index contributed by atoms with van der Waals surface area (Å²) in [5, 5.41) is 9.07. The second-order valence-corrected chi connectivity index (χ2v) is 7.09. The minimum atomic E-state index is -0.645. The molecule has 0 aromatic heterocycles. The van der Waals surface area contributed by atoms with Crippen molar-refractivity contribution in [3.8, 4) is 6.07 Å². The number of rotatable bonds is 17. The van der Waals surface area contributed by atoms with E-state index in [1.54, 1.807) is 7.11 Å². The topological polar surface area (TPSA) is 81.0 Å². The van der Waals surface area contributed by atoms with Crippen molar-refractivity contribution in [1.82, 2.24) is 0 Å². The van der Waals surface area contributed by atoms with E-state index in [1.807, 2.05) is 30.3 Å². The lowest BCUT2D eigenvalue weighted by Gasteiger charge is -2.24. The molecule has 1 rings (SSSR count). The Labute approximate surface area is 190 Å². The molecule has 0 atom stereocenters. The van der Waals surface area contributed by atoms with E-state index in [0.717, 1.165) is 56.8 Å². The van der Waals surface area contributed by atoms with Crippen LogP contribution in [0.2, 0.25) is 0 Å². The zero-order valence-electron chi connectivity index (χ0n) is 18.5. The molecule has 0 bridgehead atoms. The van der Waals surface area contributed by atoms with Crippen LogP contribution < -0.4 is 4.90 Å². The molecule has 0 fully saturated rings. The maximum Gasteiger partial charge on any atom is 0.348 e. The van der Waals surface area contributed by atoms with Crippen LogP contribution in [-0.2, 0) is 23.7 Å². The van der Waals surface area contributed by atoms with E-state index in [-0.39, 0.29) is 5.57 Å². The van der Waals surface area contributed by atoms with Crippen molar-refractivity contribution in [3.63, 3.8) is 0 Å². The van der Waals surface area contributed by atoms with Gasteiger partial charge in [-0.1, -0.05) is 12.1 Å². The van der Waals surface area contributed by atoms with Gasteiger partial charge in [-0.15, -0.1) is 11.6 Å². The number of hydrogen-bond acceptors (Lipinski definition) is 7. The van der Waals surface area contributed by atoms with Crippen molar-refractivity contribution in [2.24, 2.45) is 0 Å². The molecular weight excluding hydrogens is 420 g/mol. The molecule has 0 N–H and O–H groups in total. The summed E-state index contributed by atoms with van der Waals surface area (Å²) in [5.74, 6) is -0.128. The number of anilines is 1. The molecule has 1 aromatic rings. The van der Waals surface area contributed by atoms with Gasteiger partial charge in [0, 0.05) is 64.8 Å². The number of ether oxygens (including phenoxy) is 4. The molecule has 1 aromatic carbocycles. The van der Waals surface area contributed by atoms with Gasteiger partial charge >= 0.3 is 5.97 Å². The first-order valence-corrected chi connectivity index (χ1v) is 10.9. The molecule has 31 heavy (non-hydrogen) atoms. The van der Waals surface area contributed by atoms with Crippen molar-refractivity contribution in [3.05, 3.63) is 35.4 Å². The van der Waals surface area contributed by atoms with Crippen molar-refractivity contribution in [2.75, 3.05) is 71.1 Å². The van der Waals surface area contributed by atoms with Crippen molar-refractivity contribution >= 4 is 29.3 Å². The smallest absolute Gasteiger partial charge is 0.348 e. The molecule has 0 aliphatic rings. The predicted molar refractivity (Wildman–Crippen MR) is 122 cm³/mol. The summed E-state index contributed by atoms with van der Waals surface area (Å²) in [4.78, 5) is 13.7. The number of nitrogens with zero attached hydrogens (tertiary/aromatic N) is 2. The third kappa shape index (κ3) is 11.7. The third-order valence-corrected chi connectivity index (χ3v) is 4.55. The molecule has 0 aliphatic heterocycles. The number of benzene rings is 1. The zero-order valence-corrected chi connectivity index (χ0v) is 19.2. The predicted octanol–water partition coefficient (Wildman–Crippen LogP) is 3.66. The molecule has 0 heterocycles. The van der Waals surface area contributed by atoms with Crippen LogP contribution in [0.3, 0.4) is 0 Å². The molecule has 0 aliphatic carbocycles. The Bertz CT molecular complexity index is 688. The number of hydrogen-bond donors (Lipinski definition) is 0. The highest BCUT2D eigenvalue weighted by Gasteiger charge is 2.09. The largest absolute Gasteiger partial charge is 0.465 e. The summed E-state index contributed by atoms with van der Waals surface area (Å²) in [6, 6.07) is 9.48. The van der Waals surface area contributed by atoms with Gasteiger partial charge in [-0.05, 0) is 43.0 Å². The summed E-state index contributed by atoms with van der Waals surface area (Å²) in [6.45, 7) is 5.04. The van der Waals surface area contributed by atoms with Gasteiger partial charge in [0.2, 0.25) is 0 Å². The first kappa shape index (κ1) is 26.9. The Morgan fingerprint density at radius 2 is 1.61 bits per heavy atom. The zero-order chi connectivity index (χ0) is 22.7. The molecule has 8 heteroatoms. The van der Waals surface area contributed by atoms with E-state index < -0.39 is 5.97 Å². The van der Waals surface area contributed by atoms with Crippen LogP contribution in [0.25, 0.3) is 6.08 Å². The molecule has 172 valence electrons. The van der Waals surface area contributed by atoms with Gasteiger partial charge in [0.25, 0.3) is 0 Å². The molecule has 0 unspecified atom stereocenters. The van der Waals surface area contributed by atoms with Crippen LogP contribution in [0.15, 0.2) is 29.8 Å². The van der Waals surface area contributed by atoms with E-state index in [2.05, 4.69) is 9.64 Å². The molecule has 0 radical (unpaired) electrons. The maximum absolute atomic E-state index is 11.5. The fourth-order valence-electron chi connectivity index (χ4n) is 2.80. The Hall–Kier alpha value is -2.11. The van der Waals surface area contributed by atoms with Crippen LogP contribution in [-0.4, -0.2) is 72.2 Å². The molecule has 0 saturated heterocycles. The number of carbonyl (C=O) groups excluding carboxylic acids is 1. The van der Waals surface area contributed by atoms with Gasteiger partial charge in [0.15, 0.2) is 0 Å². The Balaban J connectivity index is 2.39. The number of carbonyl (C=O) groups is 1. The Morgan fingerprint density at radius 1 is 1.00 bits per heavy atom. The van der Waals surface area contributed by atoms with Crippen LogP contribution in [0.5, 0.6) is 0 Å². The number of esters is 1. The van der Waals surface area contributed by atoms with E-state index >= 15 is 0 Å². The lowest BCUT2D eigenvalue weighted by atomic mass is 10.1. The van der Waals surface area contributed by atoms with Gasteiger partial charge < -0.3 is 23.8 Å². The lowest BCUT2D eigenvalue weighted by molar-refractivity contribution is -0.135. The van der Waals surface area contributed by atoms with Gasteiger partial charge in [0.05, 0.1) is 7.11 Å². The van der Waals surface area contributed by atoms with Gasteiger partial charge in [0.1, 0.15) is 11.6 Å². The normalized spacial score (nSPS) is 11.2. The van der Waals surface area contributed by atoms with E-state index in [0.29, 0.717) is 25.7 Å². The Morgan fingerprint density at radius 3 is 2.16 bits per heavy atom. The first-order valence-electron chi connectivity index (χ1n) is 10.4. The lowest BCUT2D eigenvalue weighted by Crippen LogP contribution is -2.27. The van der Waals surface area contributed by atoms with Crippen molar-refractivity contribution in [1.29, 1.82) is 5.26 Å². The second kappa shape index (κ2) is 17.6. The number of alkyl halides is 1. The van der Waals surface area contributed by atoms with E-state index in [1.165, 1.54) is 13.2 Å². The average molecular weight is 453 g/mol. The van der Waals surface area contributed by atoms with Crippen LogP contribution in [0.1, 0.15) is 24.8 Å². The molecule has 0 saturated carbocycles. The molecule has 0 spiro atoms. The standard InChI is InChI=1S/C23H33ClN2O5/c1-28-13-4-15-31-17-5-16-30-14-3-11-26(12-10-24)22-8-6-20(7-9-22)18-21(19-25)23(27)29-2/h6-9,18H,3-5,10-17H2,1-2H3. The van der Waals surface area contributed by atoms with Gasteiger partial charge in [-0.2, -0.15) is 5.26 Å². The Kier molecular flexibility index (Phi) is 15.3. The average Bonchev–Trinajstić information content (AvgIpc) is 2.80.